The maximum Gasteiger partial charge on any atom is 0.0278 e. The maximum absolute atomic E-state index is 5.96. The molecular weight excluding hydrogens is 208 g/mol. The van der Waals surface area contributed by atoms with E-state index >= 15 is 0 Å². The van der Waals surface area contributed by atoms with Crippen LogP contribution in [-0.4, -0.2) is 18.6 Å². The number of nitrogens with two attached hydrogens (primary N) is 1. The van der Waals surface area contributed by atoms with Gasteiger partial charge in [0.25, 0.3) is 0 Å². The van der Waals surface area contributed by atoms with E-state index in [0.717, 1.165) is 30.2 Å². The quantitative estimate of drug-likeness (QED) is 0.682. The van der Waals surface area contributed by atoms with E-state index in [-0.39, 0.29) is 5.54 Å². The molecule has 2 fully saturated rings. The summed E-state index contributed by atoms with van der Waals surface area (Å²) in [5.41, 5.74) is 6.11. The molecule has 2 nitrogen and oxygen atoms in total. The Labute approximate surface area is 107 Å². The number of rotatable bonds is 8. The molecule has 0 bridgehead atoms. The van der Waals surface area contributed by atoms with E-state index in [1.807, 2.05) is 0 Å². The summed E-state index contributed by atoms with van der Waals surface area (Å²) in [7, 11) is 0. The molecule has 0 aromatic rings. The molecular formula is C15H30N2. The second kappa shape index (κ2) is 5.27. The van der Waals surface area contributed by atoms with Crippen LogP contribution in [0.2, 0.25) is 0 Å². The fourth-order valence-corrected chi connectivity index (χ4v) is 3.26. The molecule has 0 radical (unpaired) electrons. The predicted octanol–water partition coefficient (Wildman–Crippen LogP) is 2.78. The zero-order valence-corrected chi connectivity index (χ0v) is 11.8. The molecule has 2 aliphatic carbocycles. The van der Waals surface area contributed by atoms with Gasteiger partial charge in [0.05, 0.1) is 0 Å². The Morgan fingerprint density at radius 3 is 2.06 bits per heavy atom. The van der Waals surface area contributed by atoms with Gasteiger partial charge in [-0.3, -0.25) is 0 Å². The van der Waals surface area contributed by atoms with E-state index in [4.69, 9.17) is 5.73 Å². The van der Waals surface area contributed by atoms with Gasteiger partial charge < -0.3 is 11.1 Å². The summed E-state index contributed by atoms with van der Waals surface area (Å²) in [5, 5.41) is 3.79. The van der Waals surface area contributed by atoms with Crippen LogP contribution >= 0.6 is 0 Å². The van der Waals surface area contributed by atoms with Crippen LogP contribution in [0.15, 0.2) is 0 Å². The van der Waals surface area contributed by atoms with E-state index in [2.05, 4.69) is 26.1 Å². The van der Waals surface area contributed by atoms with Crippen LogP contribution in [0.3, 0.4) is 0 Å². The number of hydrogen-bond acceptors (Lipinski definition) is 2. The van der Waals surface area contributed by atoms with Gasteiger partial charge in [0, 0.05) is 12.1 Å². The highest BCUT2D eigenvalue weighted by Crippen LogP contribution is 2.49. The smallest absolute Gasteiger partial charge is 0.0278 e. The van der Waals surface area contributed by atoms with Crippen molar-refractivity contribution in [3.8, 4) is 0 Å². The first-order valence-corrected chi connectivity index (χ1v) is 7.49. The van der Waals surface area contributed by atoms with Gasteiger partial charge in [-0.25, -0.2) is 0 Å². The Kier molecular flexibility index (Phi) is 4.14. The molecule has 17 heavy (non-hydrogen) atoms. The van der Waals surface area contributed by atoms with Crippen molar-refractivity contribution < 1.29 is 0 Å². The monoisotopic (exact) mass is 238 g/mol. The van der Waals surface area contributed by atoms with Crippen molar-refractivity contribution in [3.63, 3.8) is 0 Å². The molecule has 0 heterocycles. The number of nitrogens with one attached hydrogen (secondary N) is 1. The van der Waals surface area contributed by atoms with Gasteiger partial charge in [0.1, 0.15) is 0 Å². The van der Waals surface area contributed by atoms with Gasteiger partial charge in [-0.2, -0.15) is 0 Å². The standard InChI is InChI=1S/C15H30N2/c1-11(2)8-15(3,10-16)17-9-14(12-4-5-12)13-6-7-13/h11-14,17H,4-10,16H2,1-3H3. The van der Waals surface area contributed by atoms with Crippen LogP contribution in [0.1, 0.15) is 52.9 Å². The highest BCUT2D eigenvalue weighted by molar-refractivity contribution is 4.95. The second-order valence-electron chi connectivity index (χ2n) is 7.08. The minimum absolute atomic E-state index is 0.149. The molecule has 3 N–H and O–H groups in total. The van der Waals surface area contributed by atoms with Crippen molar-refractivity contribution in [2.24, 2.45) is 29.4 Å². The minimum atomic E-state index is 0.149. The summed E-state index contributed by atoms with van der Waals surface area (Å²) < 4.78 is 0. The normalized spacial score (nSPS) is 24.4. The Morgan fingerprint density at radius 2 is 1.71 bits per heavy atom. The first-order valence-electron chi connectivity index (χ1n) is 7.49. The highest BCUT2D eigenvalue weighted by atomic mass is 15.0. The summed E-state index contributed by atoms with van der Waals surface area (Å²) in [4.78, 5) is 0. The Morgan fingerprint density at radius 1 is 1.18 bits per heavy atom. The lowest BCUT2D eigenvalue weighted by molar-refractivity contribution is 0.260. The molecule has 2 rings (SSSR count). The molecule has 100 valence electrons. The first-order chi connectivity index (χ1) is 8.04. The van der Waals surface area contributed by atoms with E-state index in [1.165, 1.54) is 38.6 Å². The molecule has 1 unspecified atom stereocenters. The van der Waals surface area contributed by atoms with Gasteiger partial charge >= 0.3 is 0 Å². The molecule has 0 saturated heterocycles. The zero-order chi connectivity index (χ0) is 12.5. The first kappa shape index (κ1) is 13.4. The van der Waals surface area contributed by atoms with Gasteiger partial charge in [0.15, 0.2) is 0 Å². The van der Waals surface area contributed by atoms with Crippen LogP contribution in [0, 0.1) is 23.7 Å². The molecule has 0 amide bonds. The number of hydrogen-bond donors (Lipinski definition) is 2. The zero-order valence-electron chi connectivity index (χ0n) is 11.8. The lowest BCUT2D eigenvalue weighted by Crippen LogP contribution is -2.51. The Bertz CT molecular complexity index is 231. The van der Waals surface area contributed by atoms with Gasteiger partial charge in [0.2, 0.25) is 0 Å². The van der Waals surface area contributed by atoms with E-state index < -0.39 is 0 Å². The van der Waals surface area contributed by atoms with Crippen LogP contribution in [-0.2, 0) is 0 Å². The average Bonchev–Trinajstić information content (AvgIpc) is 3.11. The van der Waals surface area contributed by atoms with Gasteiger partial charge in [-0.1, -0.05) is 13.8 Å². The van der Waals surface area contributed by atoms with E-state index in [1.54, 1.807) is 0 Å². The SMILES string of the molecule is CC(C)CC(C)(CN)NCC(C1CC1)C1CC1. The fraction of sp³-hybridized carbons (Fsp3) is 1.00. The fourth-order valence-electron chi connectivity index (χ4n) is 3.26. The average molecular weight is 238 g/mol. The van der Waals surface area contributed by atoms with Crippen molar-refractivity contribution in [1.29, 1.82) is 0 Å². The minimum Gasteiger partial charge on any atom is -0.329 e. The molecule has 0 aromatic carbocycles. The van der Waals surface area contributed by atoms with Crippen LogP contribution in [0.4, 0.5) is 0 Å². The van der Waals surface area contributed by atoms with E-state index in [0.29, 0.717) is 0 Å². The predicted molar refractivity (Wildman–Crippen MR) is 73.9 cm³/mol. The Balaban J connectivity index is 1.80. The summed E-state index contributed by atoms with van der Waals surface area (Å²) in [6, 6.07) is 0. The van der Waals surface area contributed by atoms with Crippen molar-refractivity contribution in [2.45, 2.75) is 58.4 Å². The van der Waals surface area contributed by atoms with Gasteiger partial charge in [-0.15, -0.1) is 0 Å². The second-order valence-corrected chi connectivity index (χ2v) is 7.08. The summed E-state index contributed by atoms with van der Waals surface area (Å²) in [6.07, 6.45) is 7.10. The highest BCUT2D eigenvalue weighted by Gasteiger charge is 2.41. The molecule has 0 aromatic heterocycles. The Hall–Kier alpha value is -0.0800. The molecule has 2 aliphatic rings. The molecule has 2 heteroatoms. The third-order valence-corrected chi connectivity index (χ3v) is 4.53. The summed E-state index contributed by atoms with van der Waals surface area (Å²) in [6.45, 7) is 8.83. The van der Waals surface area contributed by atoms with E-state index in [9.17, 15) is 0 Å². The summed E-state index contributed by atoms with van der Waals surface area (Å²) in [5.74, 6) is 3.75. The van der Waals surface area contributed by atoms with Crippen molar-refractivity contribution in [3.05, 3.63) is 0 Å². The molecule has 0 spiro atoms. The van der Waals surface area contributed by atoms with Crippen molar-refractivity contribution in [2.75, 3.05) is 13.1 Å². The largest absolute Gasteiger partial charge is 0.329 e. The topological polar surface area (TPSA) is 38.0 Å². The van der Waals surface area contributed by atoms with Crippen molar-refractivity contribution >= 4 is 0 Å². The lowest BCUT2D eigenvalue weighted by atomic mass is 9.89. The maximum atomic E-state index is 5.96. The molecule has 1 atom stereocenters. The van der Waals surface area contributed by atoms with Crippen LogP contribution in [0.5, 0.6) is 0 Å². The third kappa shape index (κ3) is 3.96. The molecule has 0 aliphatic heterocycles. The summed E-state index contributed by atoms with van der Waals surface area (Å²) >= 11 is 0. The van der Waals surface area contributed by atoms with Crippen molar-refractivity contribution in [1.82, 2.24) is 5.32 Å². The van der Waals surface area contributed by atoms with Crippen LogP contribution in [0.25, 0.3) is 0 Å². The van der Waals surface area contributed by atoms with Gasteiger partial charge in [-0.05, 0) is 69.2 Å². The lowest BCUT2D eigenvalue weighted by Gasteiger charge is -2.33. The van der Waals surface area contributed by atoms with Crippen LogP contribution < -0.4 is 11.1 Å². The molecule has 2 saturated carbocycles. The third-order valence-electron chi connectivity index (χ3n) is 4.53.